The third-order valence-corrected chi connectivity index (χ3v) is 3.07. The van der Waals surface area contributed by atoms with E-state index < -0.39 is 6.10 Å². The Kier molecular flexibility index (Phi) is 4.02. The van der Waals surface area contributed by atoms with Crippen molar-refractivity contribution < 1.29 is 14.3 Å². The molecule has 1 saturated carbocycles. The van der Waals surface area contributed by atoms with Gasteiger partial charge in [0.1, 0.15) is 5.76 Å². The van der Waals surface area contributed by atoms with Crippen LogP contribution in [0.15, 0.2) is 27.3 Å². The highest BCUT2D eigenvalue weighted by molar-refractivity contribution is 9.10. The van der Waals surface area contributed by atoms with Crippen molar-refractivity contribution in [3.63, 3.8) is 0 Å². The molecule has 1 aromatic rings. The monoisotopic (exact) mass is 299 g/mol. The maximum absolute atomic E-state index is 11.4. The second-order valence-corrected chi connectivity index (χ2v) is 4.91. The summed E-state index contributed by atoms with van der Waals surface area (Å²) in [5, 5.41) is 12.2. The van der Waals surface area contributed by atoms with Crippen LogP contribution in [-0.2, 0) is 4.79 Å². The number of hydrogen-bond acceptors (Lipinski definition) is 3. The van der Waals surface area contributed by atoms with E-state index in [1.54, 1.807) is 18.2 Å². The molecule has 0 saturated heterocycles. The zero-order valence-electron chi connectivity index (χ0n) is 9.23. The smallest absolute Gasteiger partial charge is 0.244 e. The van der Waals surface area contributed by atoms with Crippen LogP contribution in [0, 0.1) is 5.92 Å². The summed E-state index contributed by atoms with van der Waals surface area (Å²) in [6.45, 7) is 0.315. The predicted molar refractivity (Wildman–Crippen MR) is 67.2 cm³/mol. The highest BCUT2D eigenvalue weighted by Crippen LogP contribution is 2.32. The van der Waals surface area contributed by atoms with Crippen LogP contribution < -0.4 is 5.32 Å². The number of carbonyl (C=O) groups is 1. The van der Waals surface area contributed by atoms with Gasteiger partial charge in [0.05, 0.1) is 6.10 Å². The van der Waals surface area contributed by atoms with Gasteiger partial charge in [-0.2, -0.15) is 0 Å². The Morgan fingerprint density at radius 1 is 1.65 bits per heavy atom. The fraction of sp³-hybridized carbons (Fsp3) is 0.417. The molecule has 4 nitrogen and oxygen atoms in total. The second kappa shape index (κ2) is 5.51. The summed E-state index contributed by atoms with van der Waals surface area (Å²) in [4.78, 5) is 11.4. The standard InChI is InChI=1S/C12H14BrNO3/c13-11-5-3-9(17-11)4-6-12(16)14-7-10(15)8-1-2-8/h3-6,8,10,15H,1-2,7H2,(H,14,16). The van der Waals surface area contributed by atoms with Gasteiger partial charge in [-0.1, -0.05) is 0 Å². The lowest BCUT2D eigenvalue weighted by atomic mass is 10.2. The van der Waals surface area contributed by atoms with Crippen LogP contribution in [0.3, 0.4) is 0 Å². The molecule has 1 heterocycles. The summed E-state index contributed by atoms with van der Waals surface area (Å²) in [6, 6.07) is 3.52. The van der Waals surface area contributed by atoms with Crippen LogP contribution in [0.2, 0.25) is 0 Å². The molecule has 2 rings (SSSR count). The van der Waals surface area contributed by atoms with E-state index in [-0.39, 0.29) is 5.91 Å². The Bertz CT molecular complexity index is 423. The van der Waals surface area contributed by atoms with Crippen molar-refractivity contribution in [1.82, 2.24) is 5.32 Å². The summed E-state index contributed by atoms with van der Waals surface area (Å²) in [7, 11) is 0. The van der Waals surface area contributed by atoms with Crippen molar-refractivity contribution in [2.24, 2.45) is 5.92 Å². The fourth-order valence-corrected chi connectivity index (χ4v) is 1.81. The van der Waals surface area contributed by atoms with E-state index in [0.29, 0.717) is 22.9 Å². The van der Waals surface area contributed by atoms with Crippen LogP contribution in [0.4, 0.5) is 0 Å². The van der Waals surface area contributed by atoms with Crippen LogP contribution in [-0.4, -0.2) is 23.7 Å². The number of aliphatic hydroxyl groups is 1. The largest absolute Gasteiger partial charge is 0.450 e. The Labute approximate surface area is 108 Å². The van der Waals surface area contributed by atoms with Gasteiger partial charge >= 0.3 is 0 Å². The molecule has 1 aliphatic rings. The number of amides is 1. The summed E-state index contributed by atoms with van der Waals surface area (Å²) in [5.74, 6) is 0.757. The first-order valence-corrected chi connectivity index (χ1v) is 6.34. The van der Waals surface area contributed by atoms with E-state index in [9.17, 15) is 9.90 Å². The number of furan rings is 1. The summed E-state index contributed by atoms with van der Waals surface area (Å²) < 4.78 is 5.83. The minimum Gasteiger partial charge on any atom is -0.450 e. The van der Waals surface area contributed by atoms with Gasteiger partial charge in [0, 0.05) is 12.6 Å². The third kappa shape index (κ3) is 4.02. The molecule has 0 bridgehead atoms. The molecule has 1 aliphatic carbocycles. The van der Waals surface area contributed by atoms with Crippen LogP contribution in [0.1, 0.15) is 18.6 Å². The van der Waals surface area contributed by atoms with Crippen LogP contribution in [0.25, 0.3) is 6.08 Å². The highest BCUT2D eigenvalue weighted by Gasteiger charge is 2.29. The number of halogens is 1. The Morgan fingerprint density at radius 3 is 3.00 bits per heavy atom. The molecule has 5 heteroatoms. The van der Waals surface area contributed by atoms with Gasteiger partial charge in [0.15, 0.2) is 4.67 Å². The van der Waals surface area contributed by atoms with Gasteiger partial charge in [-0.25, -0.2) is 0 Å². The van der Waals surface area contributed by atoms with Gasteiger partial charge in [-0.05, 0) is 52.9 Å². The van der Waals surface area contributed by atoms with Crippen molar-refractivity contribution >= 4 is 27.9 Å². The van der Waals surface area contributed by atoms with Crippen molar-refractivity contribution in [2.45, 2.75) is 18.9 Å². The minimum absolute atomic E-state index is 0.225. The molecule has 1 atom stereocenters. The maximum atomic E-state index is 11.4. The van der Waals surface area contributed by atoms with E-state index in [1.807, 2.05) is 0 Å². The van der Waals surface area contributed by atoms with Crippen molar-refractivity contribution in [3.05, 3.63) is 28.6 Å². The highest BCUT2D eigenvalue weighted by atomic mass is 79.9. The third-order valence-electron chi connectivity index (χ3n) is 2.64. The van der Waals surface area contributed by atoms with E-state index in [2.05, 4.69) is 21.2 Å². The Hall–Kier alpha value is -1.07. The molecule has 0 radical (unpaired) electrons. The number of aliphatic hydroxyl groups excluding tert-OH is 1. The molecular weight excluding hydrogens is 286 g/mol. The maximum Gasteiger partial charge on any atom is 0.244 e. The van der Waals surface area contributed by atoms with Crippen molar-refractivity contribution in [1.29, 1.82) is 0 Å². The van der Waals surface area contributed by atoms with Gasteiger partial charge in [0.2, 0.25) is 5.91 Å². The topological polar surface area (TPSA) is 62.5 Å². The van der Waals surface area contributed by atoms with Gasteiger partial charge in [0.25, 0.3) is 0 Å². The summed E-state index contributed by atoms with van der Waals surface area (Å²) in [6.07, 6.45) is 4.69. The van der Waals surface area contributed by atoms with Crippen molar-refractivity contribution in [2.75, 3.05) is 6.54 Å². The zero-order valence-corrected chi connectivity index (χ0v) is 10.8. The summed E-state index contributed by atoms with van der Waals surface area (Å²) >= 11 is 3.18. The quantitative estimate of drug-likeness (QED) is 0.817. The van der Waals surface area contributed by atoms with Crippen LogP contribution in [0.5, 0.6) is 0 Å². The lowest BCUT2D eigenvalue weighted by Gasteiger charge is -2.08. The number of rotatable bonds is 5. The van der Waals surface area contributed by atoms with E-state index in [0.717, 1.165) is 12.8 Å². The number of hydrogen-bond donors (Lipinski definition) is 2. The van der Waals surface area contributed by atoms with Gasteiger partial charge in [-0.3, -0.25) is 4.79 Å². The molecule has 1 amide bonds. The number of carbonyl (C=O) groups excluding carboxylic acids is 1. The molecule has 0 spiro atoms. The molecule has 2 N–H and O–H groups in total. The minimum atomic E-state index is -0.412. The SMILES string of the molecule is O=C(C=Cc1ccc(Br)o1)NCC(O)C1CC1. The zero-order chi connectivity index (χ0) is 12.3. The lowest BCUT2D eigenvalue weighted by Crippen LogP contribution is -2.31. The van der Waals surface area contributed by atoms with E-state index >= 15 is 0 Å². The van der Waals surface area contributed by atoms with E-state index in [1.165, 1.54) is 6.08 Å². The number of nitrogens with one attached hydrogen (secondary N) is 1. The first-order valence-electron chi connectivity index (χ1n) is 5.54. The van der Waals surface area contributed by atoms with Gasteiger partial charge < -0.3 is 14.8 Å². The molecule has 17 heavy (non-hydrogen) atoms. The molecule has 0 aromatic carbocycles. The second-order valence-electron chi connectivity index (χ2n) is 4.13. The summed E-state index contributed by atoms with van der Waals surface area (Å²) in [5.41, 5.74) is 0. The molecular formula is C12H14BrNO3. The van der Waals surface area contributed by atoms with Gasteiger partial charge in [-0.15, -0.1) is 0 Å². The lowest BCUT2D eigenvalue weighted by molar-refractivity contribution is -0.116. The normalized spacial score (nSPS) is 17.3. The molecule has 1 unspecified atom stereocenters. The molecule has 92 valence electrons. The average Bonchev–Trinajstić information content (AvgIpc) is 3.07. The fourth-order valence-electron chi connectivity index (χ4n) is 1.49. The average molecular weight is 300 g/mol. The Balaban J connectivity index is 1.74. The molecule has 1 fully saturated rings. The van der Waals surface area contributed by atoms with Crippen LogP contribution >= 0.6 is 15.9 Å². The predicted octanol–water partition coefficient (Wildman–Crippen LogP) is 1.94. The van der Waals surface area contributed by atoms with E-state index in [4.69, 9.17) is 4.42 Å². The Morgan fingerprint density at radius 2 is 2.41 bits per heavy atom. The van der Waals surface area contributed by atoms with Crippen molar-refractivity contribution in [3.8, 4) is 0 Å². The molecule has 1 aromatic heterocycles. The first-order chi connectivity index (χ1) is 8.15. The molecule has 0 aliphatic heterocycles. The first kappa shape index (κ1) is 12.4.